The molecule has 3 heterocycles. The van der Waals surface area contributed by atoms with Crippen LogP contribution in [0.15, 0.2) is 46.1 Å². The van der Waals surface area contributed by atoms with Crippen LogP contribution in [0.4, 0.5) is 5.95 Å². The molecule has 0 amide bonds. The Morgan fingerprint density at radius 2 is 2.08 bits per heavy atom. The van der Waals surface area contributed by atoms with Gasteiger partial charge in [-0.3, -0.25) is 4.98 Å². The zero-order valence-corrected chi connectivity index (χ0v) is 15.3. The van der Waals surface area contributed by atoms with Gasteiger partial charge in [0.1, 0.15) is 5.52 Å². The second-order valence-corrected chi connectivity index (χ2v) is 7.01. The van der Waals surface area contributed by atoms with Crippen LogP contribution in [-0.4, -0.2) is 30.9 Å². The highest BCUT2D eigenvalue weighted by molar-refractivity contribution is 9.10. The molecular formula is C18H14BrN7. The molecule has 0 radical (unpaired) electrons. The number of pyridine rings is 1. The number of aryl methyl sites for hydroxylation is 1. The standard InChI is InChI=1S/C18H14BrN7/c19-12-7-2-6-11-15(12)21-17-16(11)24-26-18(22-17)25-23-13-8-1-4-10-5-3-9-20-14(10)13/h2-3,5-7,9H,1,4,8H2,(H2,21,22,25,26)/b23-13+. The second kappa shape index (κ2) is 6.14. The summed E-state index contributed by atoms with van der Waals surface area (Å²) in [6.45, 7) is 0. The van der Waals surface area contributed by atoms with Crippen molar-refractivity contribution in [2.24, 2.45) is 5.10 Å². The van der Waals surface area contributed by atoms with E-state index in [0.717, 1.165) is 51.6 Å². The summed E-state index contributed by atoms with van der Waals surface area (Å²) in [4.78, 5) is 12.2. The lowest BCUT2D eigenvalue weighted by atomic mass is 9.95. The Kier molecular flexibility index (Phi) is 3.63. The second-order valence-electron chi connectivity index (χ2n) is 6.16. The summed E-state index contributed by atoms with van der Waals surface area (Å²) in [5.41, 5.74) is 8.42. The maximum absolute atomic E-state index is 4.51. The maximum Gasteiger partial charge on any atom is 0.265 e. The summed E-state index contributed by atoms with van der Waals surface area (Å²) < 4.78 is 0.967. The zero-order valence-electron chi connectivity index (χ0n) is 13.7. The van der Waals surface area contributed by atoms with Gasteiger partial charge in [0.15, 0.2) is 5.65 Å². The number of nitrogens with one attached hydrogen (secondary N) is 2. The van der Waals surface area contributed by atoms with Crippen molar-refractivity contribution in [3.8, 4) is 0 Å². The number of fused-ring (bicyclic) bond motifs is 4. The number of benzene rings is 1. The van der Waals surface area contributed by atoms with Gasteiger partial charge in [-0.25, -0.2) is 5.43 Å². The van der Waals surface area contributed by atoms with Gasteiger partial charge in [0.05, 0.1) is 16.9 Å². The van der Waals surface area contributed by atoms with Crippen LogP contribution >= 0.6 is 15.9 Å². The normalized spacial score (nSPS) is 15.5. The first-order chi connectivity index (χ1) is 12.8. The number of halogens is 1. The fourth-order valence-electron chi connectivity index (χ4n) is 3.30. The topological polar surface area (TPSA) is 91.7 Å². The molecule has 0 aliphatic heterocycles. The fourth-order valence-corrected chi connectivity index (χ4v) is 3.77. The van der Waals surface area contributed by atoms with E-state index in [2.05, 4.69) is 57.7 Å². The van der Waals surface area contributed by atoms with E-state index < -0.39 is 0 Å². The molecule has 26 heavy (non-hydrogen) atoms. The molecule has 7 nitrogen and oxygen atoms in total. The van der Waals surface area contributed by atoms with Crippen LogP contribution in [0.5, 0.6) is 0 Å². The SMILES string of the molecule is Brc1cccc2c1[nH]c1nc(N/N=C3\CCCc4cccnc43)nnc12. The minimum atomic E-state index is 0.357. The van der Waals surface area contributed by atoms with Crippen LogP contribution in [0.2, 0.25) is 0 Å². The molecule has 0 fully saturated rings. The fraction of sp³-hybridized carbons (Fsp3) is 0.167. The minimum Gasteiger partial charge on any atom is -0.337 e. The van der Waals surface area contributed by atoms with Crippen LogP contribution < -0.4 is 5.43 Å². The Morgan fingerprint density at radius 3 is 3.04 bits per heavy atom. The lowest BCUT2D eigenvalue weighted by Gasteiger charge is -2.15. The van der Waals surface area contributed by atoms with Crippen molar-refractivity contribution in [2.45, 2.75) is 19.3 Å². The van der Waals surface area contributed by atoms with E-state index in [4.69, 9.17) is 0 Å². The van der Waals surface area contributed by atoms with Crippen LogP contribution in [-0.2, 0) is 6.42 Å². The van der Waals surface area contributed by atoms with Crippen molar-refractivity contribution < 1.29 is 0 Å². The molecule has 5 rings (SSSR count). The summed E-state index contributed by atoms with van der Waals surface area (Å²) in [5.74, 6) is 0.357. The van der Waals surface area contributed by atoms with Crippen LogP contribution in [0.25, 0.3) is 22.1 Å². The monoisotopic (exact) mass is 407 g/mol. The average molecular weight is 408 g/mol. The molecule has 1 aliphatic rings. The molecule has 8 heteroatoms. The Morgan fingerprint density at radius 1 is 1.12 bits per heavy atom. The van der Waals surface area contributed by atoms with Gasteiger partial charge in [-0.2, -0.15) is 10.1 Å². The third-order valence-corrected chi connectivity index (χ3v) is 5.17. The number of anilines is 1. The number of aromatic amines is 1. The predicted octanol–water partition coefficient (Wildman–Crippen LogP) is 3.82. The summed E-state index contributed by atoms with van der Waals surface area (Å²) in [7, 11) is 0. The van der Waals surface area contributed by atoms with Crippen molar-refractivity contribution in [3.05, 3.63) is 52.3 Å². The van der Waals surface area contributed by atoms with Crippen molar-refractivity contribution in [3.63, 3.8) is 0 Å². The zero-order chi connectivity index (χ0) is 17.5. The molecule has 4 aromatic rings. The lowest BCUT2D eigenvalue weighted by molar-refractivity contribution is 0.823. The molecular weight excluding hydrogens is 394 g/mol. The van der Waals surface area contributed by atoms with Gasteiger partial charge >= 0.3 is 0 Å². The first-order valence-corrected chi connectivity index (χ1v) is 9.16. The highest BCUT2D eigenvalue weighted by Crippen LogP contribution is 2.28. The van der Waals surface area contributed by atoms with Gasteiger partial charge in [-0.15, -0.1) is 10.2 Å². The number of rotatable bonds is 2. The maximum atomic E-state index is 4.51. The predicted molar refractivity (Wildman–Crippen MR) is 104 cm³/mol. The van der Waals surface area contributed by atoms with Crippen molar-refractivity contribution in [1.82, 2.24) is 25.1 Å². The minimum absolute atomic E-state index is 0.357. The third-order valence-electron chi connectivity index (χ3n) is 4.51. The number of hydrogen-bond donors (Lipinski definition) is 2. The van der Waals surface area contributed by atoms with Gasteiger partial charge in [0.25, 0.3) is 5.95 Å². The summed E-state index contributed by atoms with van der Waals surface area (Å²) in [5, 5.41) is 13.9. The molecule has 0 spiro atoms. The number of aromatic nitrogens is 5. The largest absolute Gasteiger partial charge is 0.337 e. The first-order valence-electron chi connectivity index (χ1n) is 8.37. The van der Waals surface area contributed by atoms with E-state index in [1.165, 1.54) is 5.56 Å². The molecule has 128 valence electrons. The summed E-state index contributed by atoms with van der Waals surface area (Å²) in [6, 6.07) is 10.00. The Labute approximate surface area is 157 Å². The average Bonchev–Trinajstić information content (AvgIpc) is 3.06. The van der Waals surface area contributed by atoms with Crippen molar-refractivity contribution in [1.29, 1.82) is 0 Å². The van der Waals surface area contributed by atoms with Gasteiger partial charge in [-0.1, -0.05) is 18.2 Å². The third kappa shape index (κ3) is 2.53. The summed E-state index contributed by atoms with van der Waals surface area (Å²) >= 11 is 3.54. The smallest absolute Gasteiger partial charge is 0.265 e. The number of nitrogens with zero attached hydrogens (tertiary/aromatic N) is 5. The van der Waals surface area contributed by atoms with Crippen LogP contribution in [0, 0.1) is 0 Å². The molecule has 0 atom stereocenters. The van der Waals surface area contributed by atoms with Gasteiger partial charge in [-0.05, 0) is 52.9 Å². The highest BCUT2D eigenvalue weighted by Gasteiger charge is 2.17. The van der Waals surface area contributed by atoms with Gasteiger partial charge in [0.2, 0.25) is 0 Å². The molecule has 0 saturated heterocycles. The quantitative estimate of drug-likeness (QED) is 0.492. The van der Waals surface area contributed by atoms with Crippen LogP contribution in [0.3, 0.4) is 0 Å². The van der Waals surface area contributed by atoms with E-state index in [1.807, 2.05) is 24.3 Å². The van der Waals surface area contributed by atoms with E-state index >= 15 is 0 Å². The van der Waals surface area contributed by atoms with E-state index in [0.29, 0.717) is 11.6 Å². The van der Waals surface area contributed by atoms with Gasteiger partial charge < -0.3 is 4.98 Å². The Bertz CT molecular complexity index is 1160. The molecule has 0 saturated carbocycles. The number of H-pyrrole nitrogens is 1. The number of hydrazone groups is 1. The molecule has 0 unspecified atom stereocenters. The lowest BCUT2D eigenvalue weighted by Crippen LogP contribution is -2.15. The Balaban J connectivity index is 1.51. The van der Waals surface area contributed by atoms with Crippen LogP contribution in [0.1, 0.15) is 24.1 Å². The van der Waals surface area contributed by atoms with E-state index in [-0.39, 0.29) is 0 Å². The van der Waals surface area contributed by atoms with Crippen molar-refractivity contribution in [2.75, 3.05) is 5.43 Å². The molecule has 1 aliphatic carbocycles. The number of para-hydroxylation sites is 1. The molecule has 1 aromatic carbocycles. The molecule has 3 aromatic heterocycles. The molecule has 0 bridgehead atoms. The van der Waals surface area contributed by atoms with E-state index in [9.17, 15) is 0 Å². The first kappa shape index (κ1) is 15.4. The summed E-state index contributed by atoms with van der Waals surface area (Å²) in [6.07, 6.45) is 4.78. The van der Waals surface area contributed by atoms with Gasteiger partial charge in [0, 0.05) is 16.1 Å². The highest BCUT2D eigenvalue weighted by atomic mass is 79.9. The Hall–Kier alpha value is -2.87. The number of hydrogen-bond acceptors (Lipinski definition) is 6. The van der Waals surface area contributed by atoms with E-state index in [1.54, 1.807) is 6.20 Å². The molecule has 2 N–H and O–H groups in total. The van der Waals surface area contributed by atoms with Crippen molar-refractivity contribution >= 4 is 49.7 Å².